The molecule has 0 saturated heterocycles. The van der Waals surface area contributed by atoms with Gasteiger partial charge in [-0.15, -0.1) is 0 Å². The molecule has 2 N–H and O–H groups in total. The van der Waals surface area contributed by atoms with Gasteiger partial charge in [0.05, 0.1) is 24.1 Å². The van der Waals surface area contributed by atoms with E-state index in [0.717, 1.165) is 30.0 Å². The van der Waals surface area contributed by atoms with Crippen molar-refractivity contribution in [2.24, 2.45) is 5.92 Å². The highest BCUT2D eigenvalue weighted by atomic mass is 19.4. The van der Waals surface area contributed by atoms with Crippen LogP contribution >= 0.6 is 0 Å². The molecule has 1 amide bonds. The van der Waals surface area contributed by atoms with E-state index in [-0.39, 0.29) is 11.5 Å². The van der Waals surface area contributed by atoms with E-state index in [0.29, 0.717) is 29.1 Å². The van der Waals surface area contributed by atoms with E-state index in [1.165, 1.54) is 0 Å². The van der Waals surface area contributed by atoms with Crippen molar-refractivity contribution in [3.63, 3.8) is 0 Å². The minimum absolute atomic E-state index is 0.116. The minimum Gasteiger partial charge on any atom is -0.496 e. The molecular formula is C22H22F3N3O2. The molecule has 0 radical (unpaired) electrons. The van der Waals surface area contributed by atoms with Gasteiger partial charge < -0.3 is 10.1 Å². The monoisotopic (exact) mass is 417 g/mol. The molecule has 30 heavy (non-hydrogen) atoms. The number of aromatic nitrogens is 2. The molecule has 2 aromatic carbocycles. The molecule has 0 spiro atoms. The number of methoxy groups -OCH3 is 1. The zero-order valence-electron chi connectivity index (χ0n) is 16.8. The number of hydrogen-bond donors (Lipinski definition) is 2. The molecule has 3 rings (SSSR count). The Labute approximate surface area is 172 Å². The minimum atomic E-state index is -4.46. The second-order valence-corrected chi connectivity index (χ2v) is 7.25. The zero-order chi connectivity index (χ0) is 21.9. The lowest BCUT2D eigenvalue weighted by molar-refractivity contribution is -0.137. The van der Waals surface area contributed by atoms with E-state index in [1.807, 2.05) is 32.0 Å². The van der Waals surface area contributed by atoms with Crippen LogP contribution in [-0.2, 0) is 12.6 Å². The van der Waals surface area contributed by atoms with E-state index < -0.39 is 17.6 Å². The number of nitrogens with zero attached hydrogens (tertiary/aromatic N) is 1. The molecule has 0 aliphatic heterocycles. The number of H-pyrrole nitrogens is 1. The summed E-state index contributed by atoms with van der Waals surface area (Å²) in [7, 11) is 1.54. The first-order valence-corrected chi connectivity index (χ1v) is 9.40. The average Bonchev–Trinajstić information content (AvgIpc) is 3.08. The number of ether oxygens (including phenoxy) is 1. The highest BCUT2D eigenvalue weighted by Gasteiger charge is 2.30. The molecule has 0 atom stereocenters. The van der Waals surface area contributed by atoms with E-state index in [1.54, 1.807) is 13.2 Å². The van der Waals surface area contributed by atoms with Crippen molar-refractivity contribution in [1.82, 2.24) is 10.2 Å². The molecule has 8 heteroatoms. The summed E-state index contributed by atoms with van der Waals surface area (Å²) >= 11 is 0. The Morgan fingerprint density at radius 3 is 2.40 bits per heavy atom. The van der Waals surface area contributed by atoms with Gasteiger partial charge in [0.25, 0.3) is 5.91 Å². The third-order valence-corrected chi connectivity index (χ3v) is 4.53. The van der Waals surface area contributed by atoms with Gasteiger partial charge in [0.1, 0.15) is 11.4 Å². The summed E-state index contributed by atoms with van der Waals surface area (Å²) in [6.45, 7) is 4.07. The van der Waals surface area contributed by atoms with Gasteiger partial charge in [0, 0.05) is 11.1 Å². The lowest BCUT2D eigenvalue weighted by Gasteiger charge is -2.12. The van der Waals surface area contributed by atoms with Crippen LogP contribution in [0.3, 0.4) is 0 Å². The fraction of sp³-hybridized carbons (Fsp3) is 0.273. The average molecular weight is 417 g/mol. The van der Waals surface area contributed by atoms with Crippen molar-refractivity contribution in [3.8, 4) is 17.0 Å². The summed E-state index contributed by atoms with van der Waals surface area (Å²) in [4.78, 5) is 12.8. The maximum atomic E-state index is 12.8. The molecule has 0 aliphatic carbocycles. The third kappa shape index (κ3) is 4.64. The van der Waals surface area contributed by atoms with Gasteiger partial charge in [0.15, 0.2) is 0 Å². The quantitative estimate of drug-likeness (QED) is 0.552. The third-order valence-electron chi connectivity index (χ3n) is 4.53. The Morgan fingerprint density at radius 1 is 1.13 bits per heavy atom. The summed E-state index contributed by atoms with van der Waals surface area (Å²) < 4.78 is 43.8. The fourth-order valence-corrected chi connectivity index (χ4v) is 3.10. The number of halogens is 3. The first kappa shape index (κ1) is 21.4. The van der Waals surface area contributed by atoms with Crippen molar-refractivity contribution in [1.29, 1.82) is 0 Å². The van der Waals surface area contributed by atoms with Crippen LogP contribution in [0.25, 0.3) is 11.3 Å². The summed E-state index contributed by atoms with van der Waals surface area (Å²) in [5.41, 5.74) is 1.71. The normalized spacial score (nSPS) is 11.6. The number of rotatable bonds is 6. The van der Waals surface area contributed by atoms with Crippen molar-refractivity contribution in [3.05, 3.63) is 65.4 Å². The number of nitrogens with one attached hydrogen (secondary N) is 2. The topological polar surface area (TPSA) is 67.0 Å². The SMILES string of the molecule is COc1ccccc1-c1n[nH]c(CC(C)C)c1NC(=O)c1ccc(C(F)(F)F)cc1. The van der Waals surface area contributed by atoms with E-state index in [9.17, 15) is 18.0 Å². The molecule has 1 heterocycles. The lowest BCUT2D eigenvalue weighted by atomic mass is 10.0. The maximum absolute atomic E-state index is 12.8. The first-order chi connectivity index (χ1) is 14.2. The molecule has 1 aromatic heterocycles. The predicted molar refractivity (Wildman–Crippen MR) is 109 cm³/mol. The van der Waals surface area contributed by atoms with Gasteiger partial charge in [-0.05, 0) is 48.7 Å². The first-order valence-electron chi connectivity index (χ1n) is 9.40. The van der Waals surface area contributed by atoms with Crippen LogP contribution < -0.4 is 10.1 Å². The Hall–Kier alpha value is -3.29. The standard InChI is InChI=1S/C22H22F3N3O2/c1-13(2)12-17-20(19(28-27-17)16-6-4-5-7-18(16)30-3)26-21(29)14-8-10-15(11-9-14)22(23,24)25/h4-11,13H,12H2,1-3H3,(H,26,29)(H,27,28). The predicted octanol–water partition coefficient (Wildman–Crippen LogP) is 5.55. The lowest BCUT2D eigenvalue weighted by Crippen LogP contribution is -2.14. The number of carbonyl (C=O) groups excluding carboxylic acids is 1. The molecule has 5 nitrogen and oxygen atoms in total. The largest absolute Gasteiger partial charge is 0.496 e. The summed E-state index contributed by atoms with van der Waals surface area (Å²) in [5.74, 6) is 0.356. The smallest absolute Gasteiger partial charge is 0.416 e. The molecule has 158 valence electrons. The summed E-state index contributed by atoms with van der Waals surface area (Å²) in [6.07, 6.45) is -3.83. The molecule has 0 unspecified atom stereocenters. The number of carbonyl (C=O) groups is 1. The molecule has 0 saturated carbocycles. The fourth-order valence-electron chi connectivity index (χ4n) is 3.10. The van der Waals surface area contributed by atoms with E-state index >= 15 is 0 Å². The summed E-state index contributed by atoms with van der Waals surface area (Å²) in [5, 5.41) is 10.2. The van der Waals surface area contributed by atoms with E-state index in [4.69, 9.17) is 4.74 Å². The van der Waals surface area contributed by atoms with Crippen LogP contribution in [0.4, 0.5) is 18.9 Å². The summed E-state index contributed by atoms with van der Waals surface area (Å²) in [6, 6.07) is 11.4. The highest BCUT2D eigenvalue weighted by molar-refractivity contribution is 6.06. The number of anilines is 1. The number of amides is 1. The van der Waals surface area contributed by atoms with Crippen LogP contribution in [0.2, 0.25) is 0 Å². The van der Waals surface area contributed by atoms with Crippen LogP contribution in [0.15, 0.2) is 48.5 Å². The van der Waals surface area contributed by atoms with Crippen molar-refractivity contribution >= 4 is 11.6 Å². The Bertz CT molecular complexity index is 1020. The van der Waals surface area contributed by atoms with Gasteiger partial charge in [-0.3, -0.25) is 9.89 Å². The van der Waals surface area contributed by atoms with Gasteiger partial charge >= 0.3 is 6.18 Å². The Morgan fingerprint density at radius 2 is 1.80 bits per heavy atom. The molecule has 3 aromatic rings. The number of benzene rings is 2. The number of alkyl halides is 3. The molecule has 0 bridgehead atoms. The number of para-hydroxylation sites is 1. The Balaban J connectivity index is 1.97. The van der Waals surface area contributed by atoms with Gasteiger partial charge in [-0.25, -0.2) is 0 Å². The maximum Gasteiger partial charge on any atom is 0.416 e. The molecular weight excluding hydrogens is 395 g/mol. The zero-order valence-corrected chi connectivity index (χ0v) is 16.8. The van der Waals surface area contributed by atoms with Crippen LogP contribution in [0, 0.1) is 5.92 Å². The molecule has 0 fully saturated rings. The van der Waals surface area contributed by atoms with Crippen molar-refractivity contribution < 1.29 is 22.7 Å². The van der Waals surface area contributed by atoms with E-state index in [2.05, 4.69) is 15.5 Å². The number of hydrogen-bond acceptors (Lipinski definition) is 3. The van der Waals surface area contributed by atoms with Gasteiger partial charge in [0.2, 0.25) is 0 Å². The number of aromatic amines is 1. The Kier molecular flexibility index (Phi) is 6.14. The van der Waals surface area contributed by atoms with Crippen LogP contribution in [-0.4, -0.2) is 23.2 Å². The van der Waals surface area contributed by atoms with Crippen molar-refractivity contribution in [2.75, 3.05) is 12.4 Å². The highest BCUT2D eigenvalue weighted by Crippen LogP contribution is 2.36. The second kappa shape index (κ2) is 8.61. The van der Waals surface area contributed by atoms with Gasteiger partial charge in [-0.2, -0.15) is 18.3 Å². The second-order valence-electron chi connectivity index (χ2n) is 7.25. The van der Waals surface area contributed by atoms with Gasteiger partial charge in [-0.1, -0.05) is 26.0 Å². The van der Waals surface area contributed by atoms with Crippen molar-refractivity contribution in [2.45, 2.75) is 26.4 Å². The molecule has 0 aliphatic rings. The van der Waals surface area contributed by atoms with Crippen LogP contribution in [0.1, 0.15) is 35.5 Å². The van der Waals surface area contributed by atoms with Crippen LogP contribution in [0.5, 0.6) is 5.75 Å².